The van der Waals surface area contributed by atoms with Crippen LogP contribution in [0.25, 0.3) is 10.9 Å². The maximum atomic E-state index is 10.6. The summed E-state index contributed by atoms with van der Waals surface area (Å²) in [5, 5.41) is 10.4. The highest BCUT2D eigenvalue weighted by molar-refractivity contribution is 7.99. The molecule has 100 valence electrons. The topological polar surface area (TPSA) is 72.3 Å². The second-order valence-electron chi connectivity index (χ2n) is 3.89. The van der Waals surface area contributed by atoms with Crippen LogP contribution in [-0.4, -0.2) is 33.9 Å². The number of carboxylic acids is 1. The Kier molecular flexibility index (Phi) is 4.70. The van der Waals surface area contributed by atoms with Gasteiger partial charge in [-0.25, -0.2) is 9.97 Å². The monoisotopic (exact) mass is 278 g/mol. The molecule has 1 heterocycles. The number of benzene rings is 1. The highest BCUT2D eigenvalue weighted by Gasteiger charge is 2.08. The van der Waals surface area contributed by atoms with Crippen molar-refractivity contribution in [3.8, 4) is 0 Å². The summed E-state index contributed by atoms with van der Waals surface area (Å²) in [6, 6.07) is 7.69. The minimum Gasteiger partial charge on any atom is -0.481 e. The van der Waals surface area contributed by atoms with E-state index in [4.69, 9.17) is 9.84 Å². The third-order valence-corrected chi connectivity index (χ3v) is 3.44. The van der Waals surface area contributed by atoms with Crippen LogP contribution in [0.1, 0.15) is 12.2 Å². The number of hydrogen-bond donors (Lipinski definition) is 1. The third-order valence-electron chi connectivity index (χ3n) is 2.44. The van der Waals surface area contributed by atoms with Crippen LogP contribution in [0.5, 0.6) is 0 Å². The summed E-state index contributed by atoms with van der Waals surface area (Å²) in [4.78, 5) is 19.4. The van der Waals surface area contributed by atoms with Crippen LogP contribution < -0.4 is 0 Å². The van der Waals surface area contributed by atoms with Gasteiger partial charge in [0.1, 0.15) is 11.6 Å². The van der Waals surface area contributed by atoms with Crippen molar-refractivity contribution in [2.24, 2.45) is 0 Å². The van der Waals surface area contributed by atoms with Gasteiger partial charge >= 0.3 is 5.97 Å². The highest BCUT2D eigenvalue weighted by atomic mass is 32.2. The summed E-state index contributed by atoms with van der Waals surface area (Å²) in [7, 11) is 1.59. The van der Waals surface area contributed by atoms with Gasteiger partial charge in [0.15, 0.2) is 5.82 Å². The van der Waals surface area contributed by atoms with Crippen molar-refractivity contribution in [2.45, 2.75) is 18.1 Å². The number of carboxylic acid groups (broad SMARTS) is 1. The van der Waals surface area contributed by atoms with Gasteiger partial charge in [0.05, 0.1) is 11.9 Å². The number of para-hydroxylation sites is 1. The predicted octanol–water partition coefficient (Wildman–Crippen LogP) is 2.34. The largest absolute Gasteiger partial charge is 0.481 e. The molecule has 0 radical (unpaired) electrons. The zero-order valence-corrected chi connectivity index (χ0v) is 11.3. The van der Waals surface area contributed by atoms with Crippen molar-refractivity contribution in [3.63, 3.8) is 0 Å². The Bertz CT molecular complexity index is 589. The molecule has 0 saturated heterocycles. The Morgan fingerprint density at radius 1 is 1.37 bits per heavy atom. The van der Waals surface area contributed by atoms with Crippen molar-refractivity contribution in [1.29, 1.82) is 0 Å². The second-order valence-corrected chi connectivity index (χ2v) is 4.97. The molecule has 0 spiro atoms. The standard InChI is InChI=1S/C13H14N2O3S/c1-18-8-11-14-10-5-3-2-4-9(10)13(15-11)19-7-6-12(16)17/h2-5H,6-8H2,1H3,(H,16,17). The fourth-order valence-corrected chi connectivity index (χ4v) is 2.60. The minimum absolute atomic E-state index is 0.114. The van der Waals surface area contributed by atoms with Crippen LogP contribution in [0.3, 0.4) is 0 Å². The maximum absolute atomic E-state index is 10.6. The summed E-state index contributed by atoms with van der Waals surface area (Å²) < 4.78 is 5.05. The van der Waals surface area contributed by atoms with E-state index in [9.17, 15) is 4.79 Å². The zero-order chi connectivity index (χ0) is 13.7. The molecular formula is C13H14N2O3S. The SMILES string of the molecule is COCc1nc(SCCC(=O)O)c2ccccc2n1. The summed E-state index contributed by atoms with van der Waals surface area (Å²) in [5.74, 6) is 0.296. The van der Waals surface area contributed by atoms with Gasteiger partial charge in [-0.1, -0.05) is 18.2 Å². The van der Waals surface area contributed by atoms with Crippen LogP contribution in [0, 0.1) is 0 Å². The van der Waals surface area contributed by atoms with E-state index in [0.29, 0.717) is 18.2 Å². The van der Waals surface area contributed by atoms with E-state index in [-0.39, 0.29) is 6.42 Å². The molecule has 0 fully saturated rings. The van der Waals surface area contributed by atoms with Gasteiger partial charge in [0, 0.05) is 18.2 Å². The molecule has 5 nitrogen and oxygen atoms in total. The molecule has 1 aromatic carbocycles. The number of nitrogens with zero attached hydrogens (tertiary/aromatic N) is 2. The molecule has 1 N–H and O–H groups in total. The van der Waals surface area contributed by atoms with Crippen LogP contribution in [0.15, 0.2) is 29.3 Å². The first-order valence-electron chi connectivity index (χ1n) is 5.80. The number of thioether (sulfide) groups is 1. The Morgan fingerprint density at radius 2 is 2.16 bits per heavy atom. The molecule has 1 aromatic heterocycles. The summed E-state index contributed by atoms with van der Waals surface area (Å²) in [6.07, 6.45) is 0.114. The number of aromatic nitrogens is 2. The molecule has 2 rings (SSSR count). The van der Waals surface area contributed by atoms with E-state index in [1.54, 1.807) is 7.11 Å². The molecular weight excluding hydrogens is 264 g/mol. The lowest BCUT2D eigenvalue weighted by Crippen LogP contribution is -2.01. The van der Waals surface area contributed by atoms with Gasteiger partial charge in [-0.15, -0.1) is 11.8 Å². The fourth-order valence-electron chi connectivity index (χ4n) is 1.63. The molecule has 0 aliphatic rings. The normalized spacial score (nSPS) is 10.8. The lowest BCUT2D eigenvalue weighted by molar-refractivity contribution is -0.136. The number of methoxy groups -OCH3 is 1. The first-order valence-corrected chi connectivity index (χ1v) is 6.78. The van der Waals surface area contributed by atoms with E-state index in [0.717, 1.165) is 15.9 Å². The van der Waals surface area contributed by atoms with Crippen LogP contribution in [0.4, 0.5) is 0 Å². The Hall–Kier alpha value is -1.66. The lowest BCUT2D eigenvalue weighted by atomic mass is 10.2. The van der Waals surface area contributed by atoms with Crippen LogP contribution >= 0.6 is 11.8 Å². The first kappa shape index (κ1) is 13.8. The number of ether oxygens (including phenoxy) is 1. The number of aliphatic carboxylic acids is 1. The molecule has 0 aliphatic carbocycles. The van der Waals surface area contributed by atoms with Crippen LogP contribution in [-0.2, 0) is 16.1 Å². The Labute approximate surface area is 115 Å². The molecule has 19 heavy (non-hydrogen) atoms. The number of fused-ring (bicyclic) bond motifs is 1. The van der Waals surface area contributed by atoms with Crippen molar-refractivity contribution < 1.29 is 14.6 Å². The first-order chi connectivity index (χ1) is 9.20. The summed E-state index contributed by atoms with van der Waals surface area (Å²) in [5.41, 5.74) is 0.849. The third kappa shape index (κ3) is 3.65. The molecule has 2 aromatic rings. The molecule has 0 aliphatic heterocycles. The number of carbonyl (C=O) groups is 1. The fraction of sp³-hybridized carbons (Fsp3) is 0.308. The lowest BCUT2D eigenvalue weighted by Gasteiger charge is -2.07. The average Bonchev–Trinajstić information content (AvgIpc) is 2.38. The van der Waals surface area contributed by atoms with E-state index in [1.807, 2.05) is 24.3 Å². The highest BCUT2D eigenvalue weighted by Crippen LogP contribution is 2.25. The van der Waals surface area contributed by atoms with Gasteiger partial charge in [-0.05, 0) is 6.07 Å². The predicted molar refractivity (Wildman–Crippen MR) is 73.2 cm³/mol. The zero-order valence-electron chi connectivity index (χ0n) is 10.5. The quantitative estimate of drug-likeness (QED) is 0.646. The van der Waals surface area contributed by atoms with Crippen molar-refractivity contribution in [2.75, 3.05) is 12.9 Å². The van der Waals surface area contributed by atoms with Crippen molar-refractivity contribution in [3.05, 3.63) is 30.1 Å². The van der Waals surface area contributed by atoms with Gasteiger partial charge in [-0.3, -0.25) is 4.79 Å². The number of hydrogen-bond acceptors (Lipinski definition) is 5. The molecule has 6 heteroatoms. The minimum atomic E-state index is -0.803. The smallest absolute Gasteiger partial charge is 0.304 e. The van der Waals surface area contributed by atoms with Gasteiger partial charge in [-0.2, -0.15) is 0 Å². The van der Waals surface area contributed by atoms with Gasteiger partial charge < -0.3 is 9.84 Å². The maximum Gasteiger partial charge on any atom is 0.304 e. The average molecular weight is 278 g/mol. The van der Waals surface area contributed by atoms with E-state index >= 15 is 0 Å². The Morgan fingerprint density at radius 3 is 2.89 bits per heavy atom. The van der Waals surface area contributed by atoms with E-state index in [1.165, 1.54) is 11.8 Å². The van der Waals surface area contributed by atoms with E-state index in [2.05, 4.69) is 9.97 Å². The van der Waals surface area contributed by atoms with Crippen LogP contribution in [0.2, 0.25) is 0 Å². The molecule has 0 bridgehead atoms. The number of rotatable bonds is 6. The van der Waals surface area contributed by atoms with Crippen molar-refractivity contribution in [1.82, 2.24) is 9.97 Å². The van der Waals surface area contributed by atoms with E-state index < -0.39 is 5.97 Å². The molecule has 0 amide bonds. The van der Waals surface area contributed by atoms with Gasteiger partial charge in [0.2, 0.25) is 0 Å². The van der Waals surface area contributed by atoms with Crippen molar-refractivity contribution >= 4 is 28.6 Å². The summed E-state index contributed by atoms with van der Waals surface area (Å²) in [6.45, 7) is 0.345. The molecule has 0 atom stereocenters. The van der Waals surface area contributed by atoms with Gasteiger partial charge in [0.25, 0.3) is 0 Å². The second kappa shape index (κ2) is 6.49. The summed E-state index contributed by atoms with van der Waals surface area (Å²) >= 11 is 1.43. The molecule has 0 saturated carbocycles. The molecule has 0 unspecified atom stereocenters. The Balaban J connectivity index is 2.30.